The van der Waals surface area contributed by atoms with Gasteiger partial charge in [-0.15, -0.1) is 0 Å². The van der Waals surface area contributed by atoms with E-state index in [9.17, 15) is 14.4 Å². The van der Waals surface area contributed by atoms with Crippen LogP contribution in [0.15, 0.2) is 53.3 Å². The van der Waals surface area contributed by atoms with Crippen LogP contribution in [0.25, 0.3) is 11.2 Å². The summed E-state index contributed by atoms with van der Waals surface area (Å²) in [7, 11) is 0. The van der Waals surface area contributed by atoms with Crippen LogP contribution in [-0.2, 0) is 14.2 Å². The third kappa shape index (κ3) is 5.41. The van der Waals surface area contributed by atoms with Crippen molar-refractivity contribution in [2.75, 3.05) is 12.3 Å². The normalized spacial score (nSPS) is 18.6. The third-order valence-corrected chi connectivity index (χ3v) is 6.72. The summed E-state index contributed by atoms with van der Waals surface area (Å²) in [5.74, 6) is -0.625. The molecule has 206 valence electrons. The van der Waals surface area contributed by atoms with Crippen molar-refractivity contribution in [3.05, 3.63) is 92.7 Å². The molecule has 0 amide bonds. The third-order valence-electron chi connectivity index (χ3n) is 6.72. The van der Waals surface area contributed by atoms with E-state index < -0.39 is 35.9 Å². The molecule has 1 aliphatic rings. The minimum absolute atomic E-state index is 0.103. The van der Waals surface area contributed by atoms with Gasteiger partial charge in [0.25, 0.3) is 5.56 Å². The van der Waals surface area contributed by atoms with Gasteiger partial charge in [0.15, 0.2) is 11.5 Å². The Morgan fingerprint density at radius 3 is 2.15 bits per heavy atom. The average Bonchev–Trinajstić information content (AvgIpc) is 3.31. The Morgan fingerprint density at radius 2 is 1.52 bits per heavy atom. The zero-order valence-corrected chi connectivity index (χ0v) is 22.6. The van der Waals surface area contributed by atoms with Gasteiger partial charge in [-0.2, -0.15) is 0 Å². The van der Waals surface area contributed by atoms with E-state index in [1.807, 2.05) is 38.1 Å². The van der Waals surface area contributed by atoms with Gasteiger partial charge in [0.1, 0.15) is 42.1 Å². The molecule has 3 atom stereocenters. The van der Waals surface area contributed by atoms with Crippen molar-refractivity contribution >= 4 is 28.9 Å². The maximum Gasteiger partial charge on any atom is 0.338 e. The number of nitrogen functional groups attached to an aromatic ring is 1. The lowest BCUT2D eigenvalue weighted by molar-refractivity contribution is -0.0570. The van der Waals surface area contributed by atoms with Crippen LogP contribution in [-0.4, -0.2) is 50.3 Å². The molecule has 0 unspecified atom stereocenters. The number of hydrogen-bond donors (Lipinski definition) is 1. The van der Waals surface area contributed by atoms with E-state index in [-0.39, 0.29) is 35.7 Å². The molecule has 1 fully saturated rings. The van der Waals surface area contributed by atoms with Crippen LogP contribution < -0.4 is 11.3 Å². The summed E-state index contributed by atoms with van der Waals surface area (Å²) in [6.45, 7) is 6.84. The Balaban J connectivity index is 1.46. The fraction of sp³-hybridized carbons (Fsp3) is 0.310. The molecule has 4 aromatic rings. The van der Waals surface area contributed by atoms with Crippen molar-refractivity contribution in [2.45, 2.75) is 52.6 Å². The highest BCUT2D eigenvalue weighted by Crippen LogP contribution is 2.33. The van der Waals surface area contributed by atoms with Gasteiger partial charge < -0.3 is 19.9 Å². The topological polar surface area (TPSA) is 149 Å². The highest BCUT2D eigenvalue weighted by molar-refractivity contribution is 5.90. The summed E-state index contributed by atoms with van der Waals surface area (Å²) in [4.78, 5) is 51.9. The molecule has 11 nitrogen and oxygen atoms in total. The summed E-state index contributed by atoms with van der Waals surface area (Å²) < 4.78 is 19.0. The number of aryl methyl sites for hydroxylation is 4. The fourth-order valence-corrected chi connectivity index (χ4v) is 4.56. The molecule has 1 saturated heterocycles. The highest BCUT2D eigenvalue weighted by Gasteiger charge is 2.41. The van der Waals surface area contributed by atoms with Gasteiger partial charge in [-0.1, -0.05) is 35.4 Å². The summed E-state index contributed by atoms with van der Waals surface area (Å²) in [5, 5.41) is 0. The maximum absolute atomic E-state index is 13.3. The van der Waals surface area contributed by atoms with Gasteiger partial charge in [0.05, 0.1) is 11.1 Å². The maximum atomic E-state index is 13.3. The van der Waals surface area contributed by atoms with Crippen LogP contribution in [0.5, 0.6) is 0 Å². The summed E-state index contributed by atoms with van der Waals surface area (Å²) in [5.41, 5.74) is 9.04. The molecule has 2 N–H and O–H groups in total. The number of anilines is 1. The SMILES string of the molecule is Cc1ccc(C(=O)OC[C@H]2O[C@H](n3c(=O)c(C)nc4c(N)nc(C)nc43)C[C@H]2OC(=O)c2ccc(C)cc2)cc1. The predicted octanol–water partition coefficient (Wildman–Crippen LogP) is 3.37. The highest BCUT2D eigenvalue weighted by atomic mass is 16.6. The second kappa shape index (κ2) is 10.9. The summed E-state index contributed by atoms with van der Waals surface area (Å²) >= 11 is 0. The molecule has 2 aromatic carbocycles. The summed E-state index contributed by atoms with van der Waals surface area (Å²) in [6, 6.07) is 13.9. The van der Waals surface area contributed by atoms with Gasteiger partial charge >= 0.3 is 11.9 Å². The van der Waals surface area contributed by atoms with Crippen molar-refractivity contribution in [2.24, 2.45) is 0 Å². The molecular formula is C29H29N5O6. The molecule has 0 bridgehead atoms. The molecule has 1 aliphatic heterocycles. The van der Waals surface area contributed by atoms with E-state index >= 15 is 0 Å². The van der Waals surface area contributed by atoms with E-state index in [1.165, 1.54) is 4.57 Å². The summed E-state index contributed by atoms with van der Waals surface area (Å²) in [6.07, 6.45) is -2.49. The number of aromatic nitrogens is 4. The largest absolute Gasteiger partial charge is 0.459 e. The predicted molar refractivity (Wildman–Crippen MR) is 146 cm³/mol. The van der Waals surface area contributed by atoms with Gasteiger partial charge in [-0.25, -0.2) is 24.5 Å². The average molecular weight is 544 g/mol. The molecular weight excluding hydrogens is 514 g/mol. The Morgan fingerprint density at radius 1 is 0.925 bits per heavy atom. The molecule has 40 heavy (non-hydrogen) atoms. The molecule has 0 aliphatic carbocycles. The van der Waals surface area contributed by atoms with E-state index in [1.54, 1.807) is 38.1 Å². The van der Waals surface area contributed by atoms with E-state index in [2.05, 4.69) is 15.0 Å². The van der Waals surface area contributed by atoms with Crippen molar-refractivity contribution in [3.63, 3.8) is 0 Å². The number of hydrogen-bond acceptors (Lipinski definition) is 10. The van der Waals surface area contributed by atoms with Crippen LogP contribution in [0.4, 0.5) is 5.82 Å². The lowest BCUT2D eigenvalue weighted by Gasteiger charge is -2.19. The Kier molecular flexibility index (Phi) is 7.31. The molecule has 2 aromatic heterocycles. The van der Waals surface area contributed by atoms with Crippen molar-refractivity contribution in [1.82, 2.24) is 19.5 Å². The fourth-order valence-electron chi connectivity index (χ4n) is 4.56. The number of rotatable bonds is 6. The molecule has 0 spiro atoms. The number of carbonyl (C=O) groups is 2. The number of fused-ring (bicyclic) bond motifs is 1. The lowest BCUT2D eigenvalue weighted by atomic mass is 10.1. The number of nitrogens with zero attached hydrogens (tertiary/aromatic N) is 4. The Bertz CT molecular complexity index is 1650. The molecule has 0 saturated carbocycles. The van der Waals surface area contributed by atoms with Crippen molar-refractivity contribution in [3.8, 4) is 0 Å². The van der Waals surface area contributed by atoms with Crippen LogP contribution in [0.1, 0.15) is 56.0 Å². The smallest absolute Gasteiger partial charge is 0.338 e. The first-order chi connectivity index (χ1) is 19.1. The van der Waals surface area contributed by atoms with E-state index in [4.69, 9.17) is 19.9 Å². The van der Waals surface area contributed by atoms with Crippen molar-refractivity contribution < 1.29 is 23.8 Å². The first kappa shape index (κ1) is 26.9. The van der Waals surface area contributed by atoms with Gasteiger partial charge in [-0.05, 0) is 52.0 Å². The first-order valence-electron chi connectivity index (χ1n) is 12.8. The number of nitrogens with two attached hydrogens (primary N) is 1. The van der Waals surface area contributed by atoms with Crippen LogP contribution in [0.2, 0.25) is 0 Å². The minimum atomic E-state index is -0.899. The molecule has 11 heteroatoms. The lowest BCUT2D eigenvalue weighted by Crippen LogP contribution is -2.32. The number of benzene rings is 2. The number of carbonyl (C=O) groups excluding carboxylic acids is 2. The minimum Gasteiger partial charge on any atom is -0.459 e. The van der Waals surface area contributed by atoms with Crippen LogP contribution in [0.3, 0.4) is 0 Å². The zero-order valence-electron chi connectivity index (χ0n) is 22.6. The second-order valence-corrected chi connectivity index (χ2v) is 9.84. The van der Waals surface area contributed by atoms with Crippen LogP contribution >= 0.6 is 0 Å². The Labute approximate surface area is 229 Å². The quantitative estimate of drug-likeness (QED) is 0.359. The molecule has 5 rings (SSSR count). The number of ether oxygens (including phenoxy) is 3. The van der Waals surface area contributed by atoms with Gasteiger partial charge in [0.2, 0.25) is 0 Å². The number of esters is 2. The second-order valence-electron chi connectivity index (χ2n) is 9.84. The standard InChI is InChI=1S/C29H29N5O6/c1-15-5-9-19(10-6-15)28(36)38-14-22-21(40-29(37)20-11-7-16(2)8-12-20)13-23(39-22)34-26-24(31-17(3)27(34)35)25(30)32-18(4)33-26/h5-12,21-23H,13-14H2,1-4H3,(H2,30,32,33)/t21-,22-,23+/m1/s1. The van der Waals surface area contributed by atoms with Crippen LogP contribution in [0, 0.1) is 27.7 Å². The zero-order chi connectivity index (χ0) is 28.6. The molecule has 0 radical (unpaired) electrons. The monoisotopic (exact) mass is 543 g/mol. The van der Waals surface area contributed by atoms with Gasteiger partial charge in [0, 0.05) is 6.42 Å². The Hall–Kier alpha value is -4.64. The van der Waals surface area contributed by atoms with E-state index in [0.29, 0.717) is 17.0 Å². The van der Waals surface area contributed by atoms with Crippen molar-refractivity contribution in [1.29, 1.82) is 0 Å². The molecule has 3 heterocycles. The van der Waals surface area contributed by atoms with E-state index in [0.717, 1.165) is 11.1 Å². The van der Waals surface area contributed by atoms with Gasteiger partial charge in [-0.3, -0.25) is 9.36 Å². The first-order valence-corrected chi connectivity index (χ1v) is 12.8.